The molecular weight excluding hydrogens is 240 g/mol. The van der Waals surface area contributed by atoms with Gasteiger partial charge in [0.05, 0.1) is 0 Å². The fraction of sp³-hybridized carbons (Fsp3) is 0.933. The fourth-order valence-corrected chi connectivity index (χ4v) is 2.61. The summed E-state index contributed by atoms with van der Waals surface area (Å²) in [5, 5.41) is 0. The molecule has 0 unspecified atom stereocenters. The second-order valence-corrected chi connectivity index (χ2v) is 7.17. The summed E-state index contributed by atoms with van der Waals surface area (Å²) in [6, 6.07) is 0.775. The third-order valence-electron chi connectivity index (χ3n) is 3.33. The third kappa shape index (κ3) is 5.01. The first-order valence-corrected chi connectivity index (χ1v) is 7.34. The largest absolute Gasteiger partial charge is 0.444 e. The predicted molar refractivity (Wildman–Crippen MR) is 78.3 cm³/mol. The van der Waals surface area contributed by atoms with Crippen LogP contribution in [0.2, 0.25) is 0 Å². The summed E-state index contributed by atoms with van der Waals surface area (Å²) in [4.78, 5) is 16.5. The lowest BCUT2D eigenvalue weighted by Crippen LogP contribution is -2.59. The molecule has 0 radical (unpaired) electrons. The Labute approximate surface area is 118 Å². The second kappa shape index (κ2) is 6.12. The number of carbonyl (C=O) groups excluding carboxylic acids is 1. The maximum atomic E-state index is 12.1. The number of piperazine rings is 1. The van der Waals surface area contributed by atoms with Crippen LogP contribution in [0.15, 0.2) is 0 Å². The van der Waals surface area contributed by atoms with Crippen molar-refractivity contribution in [1.29, 1.82) is 0 Å². The van der Waals surface area contributed by atoms with E-state index in [-0.39, 0.29) is 6.09 Å². The van der Waals surface area contributed by atoms with Crippen molar-refractivity contribution in [1.82, 2.24) is 9.80 Å². The zero-order chi connectivity index (χ0) is 14.8. The van der Waals surface area contributed by atoms with Gasteiger partial charge in [-0.15, -0.1) is 0 Å². The average molecular weight is 270 g/mol. The molecule has 19 heavy (non-hydrogen) atoms. The Balaban J connectivity index is 2.61. The van der Waals surface area contributed by atoms with Crippen LogP contribution in [0.25, 0.3) is 0 Å². The summed E-state index contributed by atoms with van der Waals surface area (Å²) >= 11 is 0. The maximum absolute atomic E-state index is 12.1. The number of ether oxygens (including phenoxy) is 1. The van der Waals surface area contributed by atoms with Crippen LogP contribution in [0.1, 0.15) is 48.5 Å². The highest BCUT2D eigenvalue weighted by atomic mass is 16.6. The van der Waals surface area contributed by atoms with E-state index in [1.165, 1.54) is 0 Å². The summed E-state index contributed by atoms with van der Waals surface area (Å²) in [5.74, 6) is 0.651. The van der Waals surface area contributed by atoms with Crippen LogP contribution in [0.5, 0.6) is 0 Å². The molecule has 0 aromatic carbocycles. The molecule has 1 heterocycles. The van der Waals surface area contributed by atoms with Crippen molar-refractivity contribution in [2.24, 2.45) is 5.92 Å². The molecule has 1 fully saturated rings. The normalized spacial score (nSPS) is 25.8. The van der Waals surface area contributed by atoms with Gasteiger partial charge in [-0.3, -0.25) is 4.90 Å². The highest BCUT2D eigenvalue weighted by Gasteiger charge is 2.33. The summed E-state index contributed by atoms with van der Waals surface area (Å²) < 4.78 is 5.46. The molecule has 0 bridgehead atoms. The number of rotatable bonds is 2. The van der Waals surface area contributed by atoms with Crippen LogP contribution in [-0.4, -0.2) is 53.2 Å². The Morgan fingerprint density at radius 2 is 1.68 bits per heavy atom. The highest BCUT2D eigenvalue weighted by Crippen LogP contribution is 2.19. The van der Waals surface area contributed by atoms with E-state index in [1.807, 2.05) is 25.7 Å². The fourth-order valence-electron chi connectivity index (χ4n) is 2.61. The minimum absolute atomic E-state index is 0.185. The Hall–Kier alpha value is -0.770. The van der Waals surface area contributed by atoms with E-state index >= 15 is 0 Å². The van der Waals surface area contributed by atoms with Gasteiger partial charge >= 0.3 is 6.09 Å². The van der Waals surface area contributed by atoms with Crippen LogP contribution in [0, 0.1) is 5.92 Å². The molecule has 1 aliphatic heterocycles. The Bertz CT molecular complexity index is 298. The van der Waals surface area contributed by atoms with Crippen molar-refractivity contribution in [3.8, 4) is 0 Å². The van der Waals surface area contributed by atoms with Crippen molar-refractivity contribution in [2.75, 3.05) is 19.6 Å². The van der Waals surface area contributed by atoms with Crippen LogP contribution in [0.3, 0.4) is 0 Å². The van der Waals surface area contributed by atoms with E-state index in [2.05, 4.69) is 32.6 Å². The van der Waals surface area contributed by atoms with Gasteiger partial charge in [0.2, 0.25) is 0 Å². The van der Waals surface area contributed by atoms with Crippen molar-refractivity contribution in [3.63, 3.8) is 0 Å². The zero-order valence-corrected chi connectivity index (χ0v) is 13.6. The number of hydrogen-bond donors (Lipinski definition) is 0. The lowest BCUT2D eigenvalue weighted by atomic mass is 10.1. The maximum Gasteiger partial charge on any atom is 0.410 e. The molecule has 4 nitrogen and oxygen atoms in total. The first-order chi connectivity index (χ1) is 8.60. The van der Waals surface area contributed by atoms with E-state index in [1.54, 1.807) is 0 Å². The Morgan fingerprint density at radius 1 is 1.21 bits per heavy atom. The van der Waals surface area contributed by atoms with Crippen LogP contribution in [-0.2, 0) is 4.74 Å². The quantitative estimate of drug-likeness (QED) is 0.773. The molecule has 0 aliphatic carbocycles. The van der Waals surface area contributed by atoms with Crippen LogP contribution >= 0.6 is 0 Å². The molecule has 0 aromatic heterocycles. The highest BCUT2D eigenvalue weighted by molar-refractivity contribution is 5.68. The van der Waals surface area contributed by atoms with E-state index < -0.39 is 5.60 Å². The Kier molecular flexibility index (Phi) is 5.25. The van der Waals surface area contributed by atoms with Gasteiger partial charge in [0.25, 0.3) is 0 Å². The summed E-state index contributed by atoms with van der Waals surface area (Å²) in [6.07, 6.45) is -0.185. The van der Waals surface area contributed by atoms with Gasteiger partial charge < -0.3 is 9.64 Å². The second-order valence-electron chi connectivity index (χ2n) is 7.17. The van der Waals surface area contributed by atoms with Gasteiger partial charge in [0.15, 0.2) is 0 Å². The van der Waals surface area contributed by atoms with E-state index in [9.17, 15) is 4.79 Å². The molecule has 1 aliphatic rings. The zero-order valence-electron chi connectivity index (χ0n) is 13.6. The van der Waals surface area contributed by atoms with E-state index in [0.29, 0.717) is 18.0 Å². The molecule has 2 atom stereocenters. The molecule has 0 spiro atoms. The molecule has 4 heteroatoms. The third-order valence-corrected chi connectivity index (χ3v) is 3.33. The van der Waals surface area contributed by atoms with Crippen LogP contribution in [0.4, 0.5) is 4.79 Å². The van der Waals surface area contributed by atoms with Crippen LogP contribution < -0.4 is 0 Å². The molecular formula is C15H30N2O2. The van der Waals surface area contributed by atoms with Gasteiger partial charge in [0.1, 0.15) is 5.60 Å². The number of amides is 1. The lowest BCUT2D eigenvalue weighted by molar-refractivity contribution is -0.0101. The van der Waals surface area contributed by atoms with Gasteiger partial charge in [0, 0.05) is 31.7 Å². The van der Waals surface area contributed by atoms with E-state index in [0.717, 1.165) is 19.6 Å². The molecule has 112 valence electrons. The topological polar surface area (TPSA) is 32.8 Å². The van der Waals surface area contributed by atoms with Crippen molar-refractivity contribution < 1.29 is 9.53 Å². The molecule has 0 N–H and O–H groups in total. The minimum atomic E-state index is -0.418. The standard InChI is InChI=1S/C15H30N2O2/c1-11(2)8-17-12(3)9-16(10-13(17)4)14(18)19-15(5,6)7/h11-13H,8-10H2,1-7H3/t12-,13+. The molecule has 0 aromatic rings. The number of carbonyl (C=O) groups is 1. The molecule has 1 amide bonds. The average Bonchev–Trinajstić information content (AvgIpc) is 2.20. The smallest absolute Gasteiger partial charge is 0.410 e. The minimum Gasteiger partial charge on any atom is -0.444 e. The number of nitrogens with zero attached hydrogens (tertiary/aromatic N) is 2. The van der Waals surface area contributed by atoms with Gasteiger partial charge in [-0.1, -0.05) is 13.8 Å². The lowest BCUT2D eigenvalue weighted by Gasteiger charge is -2.45. The van der Waals surface area contributed by atoms with Gasteiger partial charge in [-0.25, -0.2) is 4.79 Å². The summed E-state index contributed by atoms with van der Waals surface area (Å²) in [5.41, 5.74) is -0.418. The van der Waals surface area contributed by atoms with Crippen molar-refractivity contribution >= 4 is 6.09 Å². The van der Waals surface area contributed by atoms with Gasteiger partial charge in [-0.05, 0) is 40.5 Å². The van der Waals surface area contributed by atoms with Crippen molar-refractivity contribution in [3.05, 3.63) is 0 Å². The molecule has 0 saturated carbocycles. The predicted octanol–water partition coefficient (Wildman–Crippen LogP) is 2.97. The SMILES string of the molecule is CC(C)CN1[C@H](C)CN(C(=O)OC(C)(C)C)C[C@@H]1C. The van der Waals surface area contributed by atoms with E-state index in [4.69, 9.17) is 4.74 Å². The molecule has 1 rings (SSSR count). The summed E-state index contributed by atoms with van der Waals surface area (Å²) in [6.45, 7) is 17.2. The first-order valence-electron chi connectivity index (χ1n) is 7.34. The first kappa shape index (κ1) is 16.3. The molecule has 1 saturated heterocycles. The number of hydrogen-bond acceptors (Lipinski definition) is 3. The Morgan fingerprint density at radius 3 is 2.05 bits per heavy atom. The monoisotopic (exact) mass is 270 g/mol. The van der Waals surface area contributed by atoms with Crippen molar-refractivity contribution in [2.45, 2.75) is 66.2 Å². The van der Waals surface area contributed by atoms with Gasteiger partial charge in [-0.2, -0.15) is 0 Å². The summed E-state index contributed by atoms with van der Waals surface area (Å²) in [7, 11) is 0.